The van der Waals surface area contributed by atoms with E-state index in [1.807, 2.05) is 0 Å². The van der Waals surface area contributed by atoms with E-state index in [4.69, 9.17) is 17.3 Å². The first-order valence-electron chi connectivity index (χ1n) is 3.54. The smallest absolute Gasteiger partial charge is 0.481 e. The van der Waals surface area contributed by atoms with Gasteiger partial charge in [0.1, 0.15) is 4.64 Å². The number of aryl methyl sites for hydroxylation is 1. The Morgan fingerprint density at radius 1 is 1.50 bits per heavy atom. The molecule has 0 unspecified atom stereocenters. The van der Waals surface area contributed by atoms with Crippen molar-refractivity contribution < 1.29 is 69.0 Å². The molecule has 5 nitrogen and oxygen atoms in total. The van der Waals surface area contributed by atoms with Gasteiger partial charge < -0.3 is 5.11 Å². The van der Waals surface area contributed by atoms with Crippen LogP contribution in [0, 0.1) is 4.64 Å². The van der Waals surface area contributed by atoms with Gasteiger partial charge in [0.25, 0.3) is 0 Å². The van der Waals surface area contributed by atoms with Crippen LogP contribution < -0.4 is 59.1 Å². The van der Waals surface area contributed by atoms with Crippen molar-refractivity contribution in [3.8, 4) is 0 Å². The Morgan fingerprint density at radius 3 is 2.57 bits per heavy atom. The van der Waals surface area contributed by atoms with Gasteiger partial charge in [-0.15, -0.1) is 0 Å². The van der Waals surface area contributed by atoms with E-state index in [-0.39, 0.29) is 65.5 Å². The fraction of sp³-hybridized carbons (Fsp3) is 0.500. The summed E-state index contributed by atoms with van der Waals surface area (Å²) < 4.78 is 0.556. The molecule has 1 aromatic rings. The number of aromatic nitrogens is 3. The molecule has 14 heavy (non-hydrogen) atoms. The number of carbonyl (C=O) groups is 1. The van der Waals surface area contributed by atoms with E-state index in [1.54, 1.807) is 0 Å². The molecule has 0 bridgehead atoms. The number of nitrogens with one attached hydrogen (secondary N) is 2. The monoisotopic (exact) mass is 233 g/mol. The molecule has 1 rings (SSSR count). The van der Waals surface area contributed by atoms with Crippen LogP contribution in [0.15, 0.2) is 0 Å². The number of rotatable bonds is 4. The van der Waals surface area contributed by atoms with Crippen molar-refractivity contribution in [1.29, 1.82) is 0 Å². The molecule has 0 atom stereocenters. The summed E-state index contributed by atoms with van der Waals surface area (Å²) in [6.07, 6.45) is 1.32. The number of aromatic amines is 2. The third-order valence-corrected chi connectivity index (χ3v) is 1.76. The van der Waals surface area contributed by atoms with E-state index in [0.29, 0.717) is 17.5 Å². The Hall–Kier alpha value is 0.830. The van der Waals surface area contributed by atoms with Crippen molar-refractivity contribution in [3.63, 3.8) is 0 Å². The van der Waals surface area contributed by atoms with Crippen molar-refractivity contribution in [2.75, 3.05) is 0 Å². The van der Waals surface area contributed by atoms with Gasteiger partial charge in [-0.25, -0.2) is 5.21 Å². The molecule has 0 spiro atoms. The van der Waals surface area contributed by atoms with E-state index in [1.165, 1.54) is 0 Å². The number of H-pyrrole nitrogens is 2. The molecule has 0 saturated heterocycles. The van der Waals surface area contributed by atoms with Crippen LogP contribution in [0.2, 0.25) is 0 Å². The molecule has 0 fully saturated rings. The van der Waals surface area contributed by atoms with Crippen LogP contribution in [0.25, 0.3) is 0 Å². The molecular formula is C6H9N3Na2O2S+2. The van der Waals surface area contributed by atoms with Gasteiger partial charge in [-0.2, -0.15) is 5.10 Å². The van der Waals surface area contributed by atoms with Gasteiger partial charge in [0.2, 0.25) is 0 Å². The van der Waals surface area contributed by atoms with Gasteiger partial charge in [-0.3, -0.25) is 9.89 Å². The second-order valence-electron chi connectivity index (χ2n) is 2.37. The molecule has 3 N–H and O–H groups in total. The Bertz CT molecular complexity index is 325. The van der Waals surface area contributed by atoms with Crippen molar-refractivity contribution in [2.24, 2.45) is 0 Å². The van der Waals surface area contributed by atoms with Crippen LogP contribution in [-0.4, -0.2) is 26.5 Å². The van der Waals surface area contributed by atoms with Crippen molar-refractivity contribution in [2.45, 2.75) is 19.3 Å². The SMILES string of the molecule is O=C(O)CCCc1n[nH][nH]c1=S.[Na+].[Na+]. The van der Waals surface area contributed by atoms with Crippen LogP contribution in [-0.2, 0) is 11.2 Å². The normalized spacial score (nSPS) is 8.57. The molecule has 0 saturated carbocycles. The minimum absolute atomic E-state index is 0. The molecule has 8 heteroatoms. The maximum Gasteiger partial charge on any atom is 1.00 e. The van der Waals surface area contributed by atoms with E-state index in [0.717, 1.165) is 5.69 Å². The Kier molecular flexibility index (Phi) is 11.2. The number of carboxylic acids is 1. The number of hydrogen-bond acceptors (Lipinski definition) is 3. The fourth-order valence-electron chi connectivity index (χ4n) is 0.846. The summed E-state index contributed by atoms with van der Waals surface area (Å²) in [6, 6.07) is 0. The van der Waals surface area contributed by atoms with Gasteiger partial charge >= 0.3 is 65.1 Å². The van der Waals surface area contributed by atoms with Gasteiger partial charge in [0.05, 0.1) is 5.69 Å². The fourth-order valence-corrected chi connectivity index (χ4v) is 1.04. The first kappa shape index (κ1) is 17.2. The van der Waals surface area contributed by atoms with E-state index < -0.39 is 5.97 Å². The number of carboxylic acid groups (broad SMARTS) is 1. The van der Waals surface area contributed by atoms with Gasteiger partial charge in [0.15, 0.2) is 0 Å². The first-order valence-corrected chi connectivity index (χ1v) is 3.94. The van der Waals surface area contributed by atoms with E-state index in [2.05, 4.69) is 15.4 Å². The van der Waals surface area contributed by atoms with Crippen molar-refractivity contribution in [1.82, 2.24) is 15.4 Å². The molecule has 1 heterocycles. The van der Waals surface area contributed by atoms with Crippen LogP contribution >= 0.6 is 12.2 Å². The minimum atomic E-state index is -0.791. The Balaban J connectivity index is 0. The third kappa shape index (κ3) is 6.34. The topological polar surface area (TPSA) is 81.8 Å². The zero-order valence-electron chi connectivity index (χ0n) is 8.33. The second kappa shape index (κ2) is 9.08. The molecule has 0 amide bonds. The average Bonchev–Trinajstić information content (AvgIpc) is 2.36. The van der Waals surface area contributed by atoms with Crippen LogP contribution in [0.5, 0.6) is 0 Å². The number of aliphatic carboxylic acids is 1. The number of nitrogens with zero attached hydrogens (tertiary/aromatic N) is 1. The van der Waals surface area contributed by atoms with E-state index >= 15 is 0 Å². The predicted octanol–water partition coefficient (Wildman–Crippen LogP) is -5.12. The van der Waals surface area contributed by atoms with Crippen molar-refractivity contribution >= 4 is 18.2 Å². The summed E-state index contributed by atoms with van der Waals surface area (Å²) in [4.78, 5) is 10.2. The summed E-state index contributed by atoms with van der Waals surface area (Å²) in [5.74, 6) is -0.791. The molecule has 0 radical (unpaired) electrons. The van der Waals surface area contributed by atoms with Crippen LogP contribution in [0.1, 0.15) is 18.5 Å². The molecule has 0 aliphatic carbocycles. The summed E-state index contributed by atoms with van der Waals surface area (Å²) in [6.45, 7) is 0. The second-order valence-corrected chi connectivity index (χ2v) is 2.78. The summed E-state index contributed by atoms with van der Waals surface area (Å²) in [5, 5.41) is 17.3. The summed E-state index contributed by atoms with van der Waals surface area (Å²) >= 11 is 4.87. The first-order chi connectivity index (χ1) is 5.70. The summed E-state index contributed by atoms with van der Waals surface area (Å²) in [5.41, 5.74) is 0.728. The zero-order chi connectivity index (χ0) is 8.97. The molecule has 0 aliphatic rings. The van der Waals surface area contributed by atoms with Crippen molar-refractivity contribution in [3.05, 3.63) is 10.3 Å². The standard InChI is InChI=1S/C6H9N3O2S.2Na/c10-5(11)3-1-2-4-6(12)8-9-7-4;;/h1-3H2,(H,10,11)(H2,7,8,9,12);;/q;2*+1. The van der Waals surface area contributed by atoms with Gasteiger partial charge in [-0.05, 0) is 12.8 Å². The molecule has 0 aromatic carbocycles. The summed E-state index contributed by atoms with van der Waals surface area (Å²) in [7, 11) is 0. The Morgan fingerprint density at radius 2 is 2.14 bits per heavy atom. The van der Waals surface area contributed by atoms with Crippen LogP contribution in [0.3, 0.4) is 0 Å². The molecule has 0 aliphatic heterocycles. The molecule has 1 aromatic heterocycles. The zero-order valence-corrected chi connectivity index (χ0v) is 13.1. The van der Waals surface area contributed by atoms with Crippen LogP contribution in [0.4, 0.5) is 0 Å². The maximum atomic E-state index is 10.2. The predicted molar refractivity (Wildman–Crippen MR) is 44.3 cm³/mol. The molecular weight excluding hydrogens is 224 g/mol. The average molecular weight is 233 g/mol. The maximum absolute atomic E-state index is 10.2. The van der Waals surface area contributed by atoms with Gasteiger partial charge in [-0.1, -0.05) is 12.2 Å². The minimum Gasteiger partial charge on any atom is -0.481 e. The largest absolute Gasteiger partial charge is 1.00 e. The number of hydrogen-bond donors (Lipinski definition) is 3. The third-order valence-electron chi connectivity index (χ3n) is 1.43. The van der Waals surface area contributed by atoms with Gasteiger partial charge in [0, 0.05) is 6.42 Å². The quantitative estimate of drug-likeness (QED) is 0.359. The molecule has 66 valence electrons. The van der Waals surface area contributed by atoms with E-state index in [9.17, 15) is 4.79 Å². The Labute approximate surface area is 131 Å².